The van der Waals surface area contributed by atoms with Gasteiger partial charge in [-0.25, -0.2) is 9.98 Å². The minimum absolute atomic E-state index is 0.541. The Hall–Kier alpha value is -1.78. The highest BCUT2D eigenvalue weighted by molar-refractivity contribution is 5.77. The predicted octanol–water partition coefficient (Wildman–Crippen LogP) is 3.45. The van der Waals surface area contributed by atoms with Crippen LogP contribution >= 0.6 is 0 Å². The van der Waals surface area contributed by atoms with Crippen molar-refractivity contribution in [3.05, 3.63) is 23.9 Å². The molecule has 3 N–H and O–H groups in total. The lowest BCUT2D eigenvalue weighted by Gasteiger charge is -2.21. The molecule has 134 valence electrons. The summed E-state index contributed by atoms with van der Waals surface area (Å²) in [6.07, 6.45) is 12.0. The Kier molecular flexibility index (Phi) is 8.42. The summed E-state index contributed by atoms with van der Waals surface area (Å²) >= 11 is 0. The Morgan fingerprint density at radius 2 is 2.00 bits per heavy atom. The quantitative estimate of drug-likeness (QED) is 0.435. The van der Waals surface area contributed by atoms with E-state index in [9.17, 15) is 0 Å². The van der Waals surface area contributed by atoms with E-state index >= 15 is 0 Å². The van der Waals surface area contributed by atoms with E-state index in [0.717, 1.165) is 31.9 Å². The number of nitrogens with two attached hydrogens (primary N) is 1. The van der Waals surface area contributed by atoms with E-state index < -0.39 is 0 Å². The topological polar surface area (TPSA) is 66.5 Å². The molecule has 5 heteroatoms. The lowest BCUT2D eigenvalue weighted by atomic mass is 10.2. The van der Waals surface area contributed by atoms with Crippen molar-refractivity contribution in [1.82, 2.24) is 10.3 Å². The summed E-state index contributed by atoms with van der Waals surface area (Å²) in [5, 5.41) is 3.20. The van der Waals surface area contributed by atoms with Crippen LogP contribution in [0.4, 0.5) is 5.82 Å². The molecule has 1 fully saturated rings. The fraction of sp³-hybridized carbons (Fsp3) is 0.684. The van der Waals surface area contributed by atoms with Crippen molar-refractivity contribution in [2.45, 2.75) is 64.8 Å². The molecule has 1 aromatic heterocycles. The number of hydrogen-bond acceptors (Lipinski definition) is 3. The molecule has 5 nitrogen and oxygen atoms in total. The largest absolute Gasteiger partial charge is 0.370 e. The smallest absolute Gasteiger partial charge is 0.188 e. The number of nitrogens with zero attached hydrogens (tertiary/aromatic N) is 3. The van der Waals surface area contributed by atoms with Crippen molar-refractivity contribution in [2.75, 3.05) is 24.5 Å². The number of anilines is 1. The van der Waals surface area contributed by atoms with Crippen LogP contribution in [0.25, 0.3) is 0 Å². The second kappa shape index (κ2) is 10.9. The van der Waals surface area contributed by atoms with Crippen molar-refractivity contribution in [3.63, 3.8) is 0 Å². The van der Waals surface area contributed by atoms with Crippen molar-refractivity contribution < 1.29 is 0 Å². The van der Waals surface area contributed by atoms with E-state index in [2.05, 4.69) is 33.2 Å². The summed E-state index contributed by atoms with van der Waals surface area (Å²) in [6.45, 7) is 5.96. The number of nitrogens with one attached hydrogen (secondary N) is 1. The van der Waals surface area contributed by atoms with E-state index in [1.807, 2.05) is 12.3 Å². The summed E-state index contributed by atoms with van der Waals surface area (Å²) in [7, 11) is 0. The van der Waals surface area contributed by atoms with Crippen LogP contribution in [-0.4, -0.2) is 30.6 Å². The first-order valence-electron chi connectivity index (χ1n) is 9.53. The number of guanidine groups is 1. The van der Waals surface area contributed by atoms with Gasteiger partial charge in [-0.2, -0.15) is 0 Å². The molecule has 0 amide bonds. The van der Waals surface area contributed by atoms with Crippen molar-refractivity contribution >= 4 is 11.8 Å². The van der Waals surface area contributed by atoms with Crippen molar-refractivity contribution in [1.29, 1.82) is 0 Å². The number of rotatable bonds is 8. The fourth-order valence-electron chi connectivity index (χ4n) is 3.03. The van der Waals surface area contributed by atoms with Gasteiger partial charge >= 0.3 is 0 Å². The van der Waals surface area contributed by atoms with Gasteiger partial charge in [0.05, 0.1) is 6.54 Å². The van der Waals surface area contributed by atoms with E-state index in [-0.39, 0.29) is 0 Å². The molecule has 0 aliphatic carbocycles. The minimum atomic E-state index is 0.541. The van der Waals surface area contributed by atoms with Crippen molar-refractivity contribution in [3.8, 4) is 0 Å². The molecule has 24 heavy (non-hydrogen) atoms. The molecule has 0 radical (unpaired) electrons. The van der Waals surface area contributed by atoms with Crippen molar-refractivity contribution in [2.24, 2.45) is 10.7 Å². The monoisotopic (exact) mass is 331 g/mol. The Bertz CT molecular complexity index is 492. The molecule has 0 atom stereocenters. The lowest BCUT2D eigenvalue weighted by molar-refractivity contribution is 0.652. The molecule has 1 aliphatic rings. The van der Waals surface area contributed by atoms with Gasteiger partial charge in [0.2, 0.25) is 0 Å². The molecule has 1 saturated heterocycles. The normalized spacial score (nSPS) is 16.0. The zero-order valence-corrected chi connectivity index (χ0v) is 15.1. The number of pyridine rings is 1. The highest BCUT2D eigenvalue weighted by Gasteiger charge is 2.11. The Labute approximate surface area is 146 Å². The number of aliphatic imine (C=N–C) groups is 1. The van der Waals surface area contributed by atoms with E-state index in [1.54, 1.807) is 0 Å². The van der Waals surface area contributed by atoms with Crippen LogP contribution in [0.2, 0.25) is 0 Å². The highest BCUT2D eigenvalue weighted by Crippen LogP contribution is 2.18. The maximum Gasteiger partial charge on any atom is 0.188 e. The maximum absolute atomic E-state index is 5.95. The molecule has 2 rings (SSSR count). The Balaban J connectivity index is 1.81. The van der Waals surface area contributed by atoms with Gasteiger partial charge in [-0.05, 0) is 37.0 Å². The fourth-order valence-corrected chi connectivity index (χ4v) is 3.03. The van der Waals surface area contributed by atoms with Crippen LogP contribution < -0.4 is 16.0 Å². The minimum Gasteiger partial charge on any atom is -0.370 e. The third-order valence-corrected chi connectivity index (χ3v) is 4.51. The average Bonchev–Trinajstić information content (AvgIpc) is 2.89. The van der Waals surface area contributed by atoms with E-state index in [0.29, 0.717) is 12.5 Å². The second-order valence-electron chi connectivity index (χ2n) is 6.61. The molecule has 2 heterocycles. The third-order valence-electron chi connectivity index (χ3n) is 4.51. The Morgan fingerprint density at radius 3 is 2.75 bits per heavy atom. The molecule has 0 saturated carbocycles. The first kappa shape index (κ1) is 18.6. The number of unbranched alkanes of at least 4 members (excludes halogenated alkanes) is 3. The van der Waals surface area contributed by atoms with E-state index in [1.165, 1.54) is 50.5 Å². The van der Waals surface area contributed by atoms with Crippen LogP contribution in [0.15, 0.2) is 23.3 Å². The van der Waals surface area contributed by atoms with Crippen LogP contribution in [0.1, 0.15) is 63.9 Å². The second-order valence-corrected chi connectivity index (χ2v) is 6.61. The first-order valence-corrected chi connectivity index (χ1v) is 9.53. The van der Waals surface area contributed by atoms with Gasteiger partial charge in [0.15, 0.2) is 5.96 Å². The predicted molar refractivity (Wildman–Crippen MR) is 102 cm³/mol. The van der Waals surface area contributed by atoms with Gasteiger partial charge in [-0.3, -0.25) is 0 Å². The molecule has 1 aromatic rings. The van der Waals surface area contributed by atoms with Gasteiger partial charge in [-0.1, -0.05) is 39.0 Å². The van der Waals surface area contributed by atoms with Crippen LogP contribution in [-0.2, 0) is 6.54 Å². The highest BCUT2D eigenvalue weighted by atomic mass is 15.2. The zero-order valence-electron chi connectivity index (χ0n) is 15.1. The molecule has 0 unspecified atom stereocenters. The summed E-state index contributed by atoms with van der Waals surface area (Å²) in [6, 6.07) is 4.18. The van der Waals surface area contributed by atoms with Gasteiger partial charge in [0, 0.05) is 25.8 Å². The van der Waals surface area contributed by atoms with Gasteiger partial charge in [0.1, 0.15) is 5.82 Å². The Morgan fingerprint density at radius 1 is 1.21 bits per heavy atom. The molecule has 0 aromatic carbocycles. The molecule has 0 spiro atoms. The van der Waals surface area contributed by atoms with Crippen LogP contribution in [0, 0.1) is 0 Å². The summed E-state index contributed by atoms with van der Waals surface area (Å²) in [5.41, 5.74) is 7.12. The standard InChI is InChI=1S/C19H33N5/c1-2-3-4-7-11-22-19(20)23-16-17-10-12-21-18(15-17)24-13-8-5-6-9-14-24/h10,12,15H,2-9,11,13-14,16H2,1H3,(H3,20,22,23). The summed E-state index contributed by atoms with van der Waals surface area (Å²) in [4.78, 5) is 11.4. The van der Waals surface area contributed by atoms with Crippen LogP contribution in [0.5, 0.6) is 0 Å². The molecular formula is C19H33N5. The first-order chi connectivity index (χ1) is 11.8. The summed E-state index contributed by atoms with van der Waals surface area (Å²) in [5.74, 6) is 1.62. The average molecular weight is 332 g/mol. The number of hydrogen-bond donors (Lipinski definition) is 2. The lowest BCUT2D eigenvalue weighted by Crippen LogP contribution is -2.32. The molecule has 0 bridgehead atoms. The number of aromatic nitrogens is 1. The van der Waals surface area contributed by atoms with Gasteiger partial charge < -0.3 is 16.0 Å². The van der Waals surface area contributed by atoms with Gasteiger partial charge in [0.25, 0.3) is 0 Å². The van der Waals surface area contributed by atoms with Crippen LogP contribution in [0.3, 0.4) is 0 Å². The van der Waals surface area contributed by atoms with E-state index in [4.69, 9.17) is 5.73 Å². The third kappa shape index (κ3) is 6.77. The molecular weight excluding hydrogens is 298 g/mol. The summed E-state index contributed by atoms with van der Waals surface area (Å²) < 4.78 is 0. The maximum atomic E-state index is 5.95. The SMILES string of the molecule is CCCCCCNC(N)=NCc1ccnc(N2CCCCCC2)c1. The van der Waals surface area contributed by atoms with Gasteiger partial charge in [-0.15, -0.1) is 0 Å². The zero-order chi connectivity index (χ0) is 17.0. The molecule has 1 aliphatic heterocycles.